The van der Waals surface area contributed by atoms with Gasteiger partial charge in [-0.05, 0) is 25.1 Å². The molecular weight excluding hydrogens is 184 g/mol. The first-order valence-electron chi connectivity index (χ1n) is 3.12. The van der Waals surface area contributed by atoms with Crippen molar-refractivity contribution < 1.29 is 8.78 Å². The molecule has 0 aromatic heterocycles. The number of halogens is 3. The fourth-order valence-corrected chi connectivity index (χ4v) is 0.785. The third-order valence-electron chi connectivity index (χ3n) is 1.33. The van der Waals surface area contributed by atoms with Crippen molar-refractivity contribution in [1.82, 2.24) is 0 Å². The van der Waals surface area contributed by atoms with Crippen LogP contribution in [0.1, 0.15) is 12.5 Å². The Kier molecular flexibility index (Phi) is 3.83. The lowest BCUT2D eigenvalue weighted by Gasteiger charge is -1.98. The summed E-state index contributed by atoms with van der Waals surface area (Å²) in [5.41, 5.74) is 0.0481. The van der Waals surface area contributed by atoms with E-state index < -0.39 is 11.6 Å². The Bertz CT molecular complexity index is 299. The van der Waals surface area contributed by atoms with Gasteiger partial charge in [0.2, 0.25) is 0 Å². The molecule has 0 aliphatic carbocycles. The van der Waals surface area contributed by atoms with Crippen LogP contribution in [0, 0.1) is 17.0 Å². The Balaban J connectivity index is 0.00000121. The molecule has 0 spiro atoms. The maximum absolute atomic E-state index is 12.7. The van der Waals surface area contributed by atoms with Crippen molar-refractivity contribution in [2.75, 3.05) is 0 Å². The molecule has 0 saturated heterocycles. The summed E-state index contributed by atoms with van der Waals surface area (Å²) in [6, 6.07) is 3.06. The largest absolute Gasteiger partial charge is 0.305 e. The van der Waals surface area contributed by atoms with Gasteiger partial charge in [-0.2, -0.15) is 0 Å². The zero-order valence-corrected chi connectivity index (χ0v) is 7.21. The molecule has 1 aromatic carbocycles. The molecule has 1 aromatic rings. The second-order valence-electron chi connectivity index (χ2n) is 2.25. The van der Waals surface area contributed by atoms with Gasteiger partial charge in [-0.3, -0.25) is 0 Å². The van der Waals surface area contributed by atoms with Gasteiger partial charge in [0, 0.05) is 11.3 Å². The molecule has 0 atom stereocenters. The third kappa shape index (κ3) is 2.27. The molecule has 0 fully saturated rings. The molecule has 0 radical (unpaired) electrons. The van der Waals surface area contributed by atoms with E-state index in [1.807, 2.05) is 0 Å². The zero-order valence-electron chi connectivity index (χ0n) is 6.40. The van der Waals surface area contributed by atoms with Crippen LogP contribution in [0.15, 0.2) is 18.2 Å². The Hall–Kier alpha value is -0.960. The van der Waals surface area contributed by atoms with E-state index in [9.17, 15) is 8.78 Å². The predicted molar refractivity (Wildman–Crippen MR) is 46.1 cm³/mol. The summed E-state index contributed by atoms with van der Waals surface area (Å²) in [6.07, 6.45) is 0. The molecule has 1 rings (SSSR count). The molecule has 4 heteroatoms. The summed E-state index contributed by atoms with van der Waals surface area (Å²) in [7, 11) is 0. The van der Waals surface area contributed by atoms with Crippen LogP contribution in [0.2, 0.25) is 0 Å². The highest BCUT2D eigenvalue weighted by atomic mass is 35.5. The molecule has 66 valence electrons. The van der Waals surface area contributed by atoms with Gasteiger partial charge in [-0.25, -0.2) is 8.78 Å². The van der Waals surface area contributed by atoms with Crippen molar-refractivity contribution in [3.8, 4) is 0 Å². The smallest absolute Gasteiger partial charge is 0.132 e. The van der Waals surface area contributed by atoms with Gasteiger partial charge in [-0.15, -0.1) is 12.4 Å². The Morgan fingerprint density at radius 2 is 1.92 bits per heavy atom. The summed E-state index contributed by atoms with van der Waals surface area (Å²) in [4.78, 5) is 0. The van der Waals surface area contributed by atoms with E-state index in [0.29, 0.717) is 0 Å². The molecule has 12 heavy (non-hydrogen) atoms. The quantitative estimate of drug-likeness (QED) is 0.660. The SMILES string of the molecule is CC(=N)c1cc(F)ccc1F.Cl. The maximum Gasteiger partial charge on any atom is 0.132 e. The van der Waals surface area contributed by atoms with Crippen molar-refractivity contribution in [2.45, 2.75) is 6.92 Å². The average molecular weight is 192 g/mol. The molecule has 1 nitrogen and oxygen atoms in total. The molecule has 1 N–H and O–H groups in total. The molecule has 0 aliphatic rings. The zero-order chi connectivity index (χ0) is 8.43. The number of hydrogen-bond acceptors (Lipinski definition) is 1. The van der Waals surface area contributed by atoms with E-state index in [1.165, 1.54) is 6.92 Å². The predicted octanol–water partition coefficient (Wildman–Crippen LogP) is 2.77. The van der Waals surface area contributed by atoms with Gasteiger partial charge in [0.05, 0.1) is 0 Å². The summed E-state index contributed by atoms with van der Waals surface area (Å²) in [5, 5.41) is 7.07. The maximum atomic E-state index is 12.7. The number of benzene rings is 1. The lowest BCUT2D eigenvalue weighted by Crippen LogP contribution is -1.97. The first kappa shape index (κ1) is 11.0. The summed E-state index contributed by atoms with van der Waals surface area (Å²) in [6.45, 7) is 1.41. The van der Waals surface area contributed by atoms with Crippen LogP contribution in [-0.2, 0) is 0 Å². The van der Waals surface area contributed by atoms with Crippen LogP contribution in [0.4, 0.5) is 8.78 Å². The Morgan fingerprint density at radius 1 is 1.33 bits per heavy atom. The Morgan fingerprint density at radius 3 is 2.33 bits per heavy atom. The van der Waals surface area contributed by atoms with Crippen molar-refractivity contribution in [2.24, 2.45) is 0 Å². The number of rotatable bonds is 1. The third-order valence-corrected chi connectivity index (χ3v) is 1.33. The second kappa shape index (κ2) is 4.16. The summed E-state index contributed by atoms with van der Waals surface area (Å²) < 4.78 is 25.2. The number of nitrogens with one attached hydrogen (secondary N) is 1. The highest BCUT2D eigenvalue weighted by molar-refractivity contribution is 5.96. The van der Waals surface area contributed by atoms with E-state index in [-0.39, 0.29) is 23.7 Å². The van der Waals surface area contributed by atoms with Crippen molar-refractivity contribution >= 4 is 18.1 Å². The van der Waals surface area contributed by atoms with Crippen LogP contribution in [0.5, 0.6) is 0 Å². The van der Waals surface area contributed by atoms with Gasteiger partial charge in [-0.1, -0.05) is 0 Å². The van der Waals surface area contributed by atoms with Crippen LogP contribution < -0.4 is 0 Å². The second-order valence-corrected chi connectivity index (χ2v) is 2.25. The van der Waals surface area contributed by atoms with Crippen molar-refractivity contribution in [1.29, 1.82) is 5.41 Å². The van der Waals surface area contributed by atoms with Crippen LogP contribution in [0.3, 0.4) is 0 Å². The van der Waals surface area contributed by atoms with E-state index in [0.717, 1.165) is 18.2 Å². The van der Waals surface area contributed by atoms with Gasteiger partial charge >= 0.3 is 0 Å². The van der Waals surface area contributed by atoms with Gasteiger partial charge in [0.25, 0.3) is 0 Å². The number of hydrogen-bond donors (Lipinski definition) is 1. The molecule has 0 saturated carbocycles. The summed E-state index contributed by atoms with van der Waals surface area (Å²) >= 11 is 0. The van der Waals surface area contributed by atoms with Crippen LogP contribution in [0.25, 0.3) is 0 Å². The minimum atomic E-state index is -0.557. The first-order valence-corrected chi connectivity index (χ1v) is 3.12. The normalized spacial score (nSPS) is 8.92. The van der Waals surface area contributed by atoms with Gasteiger partial charge in [0.15, 0.2) is 0 Å². The van der Waals surface area contributed by atoms with Crippen molar-refractivity contribution in [3.63, 3.8) is 0 Å². The fraction of sp³-hybridized carbons (Fsp3) is 0.125. The highest BCUT2D eigenvalue weighted by Gasteiger charge is 2.04. The fourth-order valence-electron chi connectivity index (χ4n) is 0.785. The molecule has 0 bridgehead atoms. The van der Waals surface area contributed by atoms with Gasteiger partial charge in [0.1, 0.15) is 11.6 Å². The average Bonchev–Trinajstić information content (AvgIpc) is 1.94. The molecule has 0 unspecified atom stereocenters. The lowest BCUT2D eigenvalue weighted by atomic mass is 10.1. The molecule has 0 heterocycles. The van der Waals surface area contributed by atoms with Crippen LogP contribution in [-0.4, -0.2) is 5.71 Å². The summed E-state index contributed by atoms with van der Waals surface area (Å²) in [5.74, 6) is -1.08. The monoisotopic (exact) mass is 191 g/mol. The van der Waals surface area contributed by atoms with Gasteiger partial charge < -0.3 is 5.41 Å². The van der Waals surface area contributed by atoms with E-state index in [4.69, 9.17) is 5.41 Å². The van der Waals surface area contributed by atoms with E-state index in [2.05, 4.69) is 0 Å². The molecule has 0 amide bonds. The standard InChI is InChI=1S/C8H7F2N.ClH/c1-5(11)7-4-6(9)2-3-8(7)10;/h2-4,11H,1H3;1H. The minimum absolute atomic E-state index is 0. The van der Waals surface area contributed by atoms with Crippen molar-refractivity contribution in [3.05, 3.63) is 35.4 Å². The van der Waals surface area contributed by atoms with E-state index >= 15 is 0 Å². The lowest BCUT2D eigenvalue weighted by molar-refractivity contribution is 0.598. The minimum Gasteiger partial charge on any atom is -0.305 e. The van der Waals surface area contributed by atoms with Crippen LogP contribution >= 0.6 is 12.4 Å². The van der Waals surface area contributed by atoms with E-state index in [1.54, 1.807) is 0 Å². The molecule has 0 aliphatic heterocycles. The topological polar surface area (TPSA) is 23.9 Å². The Labute approximate surface area is 75.3 Å². The highest BCUT2D eigenvalue weighted by Crippen LogP contribution is 2.09. The first-order chi connectivity index (χ1) is 5.11. The molecular formula is C8H8ClF2N.